The maximum absolute atomic E-state index is 12.4. The standard InChI is InChI=1S/C16H19ClN4O2/c1-2-14-18-19-16(23-14)21-9-7-20(8-10-21)15(22)11-12-5-3-4-6-13(12)17/h3-6H,2,7-11H2,1H3. The fraction of sp³-hybridized carbons (Fsp3) is 0.438. The van der Waals surface area contributed by atoms with Gasteiger partial charge in [-0.15, -0.1) is 5.10 Å². The Bertz CT molecular complexity index is 680. The number of hydrogen-bond donors (Lipinski definition) is 0. The van der Waals surface area contributed by atoms with Crippen molar-refractivity contribution in [2.75, 3.05) is 31.1 Å². The minimum absolute atomic E-state index is 0.0949. The van der Waals surface area contributed by atoms with Crippen molar-refractivity contribution >= 4 is 23.5 Å². The van der Waals surface area contributed by atoms with E-state index in [1.807, 2.05) is 41.0 Å². The van der Waals surface area contributed by atoms with E-state index >= 15 is 0 Å². The first-order valence-corrected chi connectivity index (χ1v) is 8.13. The first kappa shape index (κ1) is 15.8. The van der Waals surface area contributed by atoms with Gasteiger partial charge in [-0.05, 0) is 11.6 Å². The molecule has 0 atom stereocenters. The Labute approximate surface area is 140 Å². The van der Waals surface area contributed by atoms with Gasteiger partial charge in [-0.2, -0.15) is 0 Å². The maximum Gasteiger partial charge on any atom is 0.318 e. The molecule has 0 N–H and O–H groups in total. The highest BCUT2D eigenvalue weighted by Gasteiger charge is 2.24. The molecular weight excluding hydrogens is 316 g/mol. The number of piperazine rings is 1. The molecule has 2 heterocycles. The number of benzene rings is 1. The third kappa shape index (κ3) is 3.64. The Hall–Kier alpha value is -2.08. The minimum Gasteiger partial charge on any atom is -0.408 e. The molecule has 1 aromatic heterocycles. The second kappa shape index (κ2) is 7.00. The number of anilines is 1. The number of nitrogens with zero attached hydrogens (tertiary/aromatic N) is 4. The van der Waals surface area contributed by atoms with Gasteiger partial charge in [0.05, 0.1) is 6.42 Å². The van der Waals surface area contributed by atoms with Crippen molar-refractivity contribution in [3.05, 3.63) is 40.7 Å². The molecule has 1 fully saturated rings. The first-order chi connectivity index (χ1) is 11.2. The second-order valence-corrected chi connectivity index (χ2v) is 5.88. The van der Waals surface area contributed by atoms with Crippen LogP contribution in [0.15, 0.2) is 28.7 Å². The Kier molecular flexibility index (Phi) is 4.81. The SMILES string of the molecule is CCc1nnc(N2CCN(C(=O)Cc3ccccc3Cl)CC2)o1. The molecule has 0 bridgehead atoms. The fourth-order valence-corrected chi connectivity index (χ4v) is 2.78. The van der Waals surface area contributed by atoms with Crippen LogP contribution < -0.4 is 4.90 Å². The molecule has 3 rings (SSSR count). The molecule has 7 heteroatoms. The monoisotopic (exact) mass is 334 g/mol. The van der Waals surface area contributed by atoms with E-state index in [1.54, 1.807) is 0 Å². The smallest absolute Gasteiger partial charge is 0.318 e. The van der Waals surface area contributed by atoms with Gasteiger partial charge < -0.3 is 14.2 Å². The average Bonchev–Trinajstić information content (AvgIpc) is 3.06. The number of rotatable bonds is 4. The van der Waals surface area contributed by atoms with Crippen LogP contribution in [0, 0.1) is 0 Å². The molecule has 0 spiro atoms. The van der Waals surface area contributed by atoms with E-state index in [-0.39, 0.29) is 5.91 Å². The molecule has 0 unspecified atom stereocenters. The van der Waals surface area contributed by atoms with Crippen LogP contribution in [-0.2, 0) is 17.6 Å². The fourth-order valence-electron chi connectivity index (χ4n) is 2.58. The van der Waals surface area contributed by atoms with Crippen molar-refractivity contribution in [2.45, 2.75) is 19.8 Å². The highest BCUT2D eigenvalue weighted by molar-refractivity contribution is 6.31. The first-order valence-electron chi connectivity index (χ1n) is 7.76. The van der Waals surface area contributed by atoms with E-state index in [0.29, 0.717) is 49.5 Å². The van der Waals surface area contributed by atoms with E-state index in [1.165, 1.54) is 0 Å². The molecule has 0 aliphatic carbocycles. The molecule has 1 saturated heterocycles. The highest BCUT2D eigenvalue weighted by Crippen LogP contribution is 2.18. The summed E-state index contributed by atoms with van der Waals surface area (Å²) in [6.45, 7) is 4.65. The third-order valence-electron chi connectivity index (χ3n) is 3.96. The Morgan fingerprint density at radius 3 is 2.61 bits per heavy atom. The molecule has 6 nitrogen and oxygen atoms in total. The lowest BCUT2D eigenvalue weighted by molar-refractivity contribution is -0.130. The quantitative estimate of drug-likeness (QED) is 0.857. The topological polar surface area (TPSA) is 62.5 Å². The van der Waals surface area contributed by atoms with Crippen LogP contribution in [0.5, 0.6) is 0 Å². The molecular formula is C16H19ClN4O2. The Morgan fingerprint density at radius 2 is 1.96 bits per heavy atom. The van der Waals surface area contributed by atoms with E-state index in [9.17, 15) is 4.79 Å². The summed E-state index contributed by atoms with van der Waals surface area (Å²) in [6.07, 6.45) is 1.06. The largest absolute Gasteiger partial charge is 0.408 e. The van der Waals surface area contributed by atoms with Crippen molar-refractivity contribution in [3.8, 4) is 0 Å². The zero-order chi connectivity index (χ0) is 16.2. The summed E-state index contributed by atoms with van der Waals surface area (Å²) in [5.41, 5.74) is 0.867. The summed E-state index contributed by atoms with van der Waals surface area (Å²) in [5.74, 6) is 0.731. The zero-order valence-corrected chi connectivity index (χ0v) is 13.8. The molecule has 1 amide bonds. The van der Waals surface area contributed by atoms with Crippen LogP contribution in [0.2, 0.25) is 5.02 Å². The number of halogens is 1. The molecule has 23 heavy (non-hydrogen) atoms. The lowest BCUT2D eigenvalue weighted by Gasteiger charge is -2.33. The summed E-state index contributed by atoms with van der Waals surface area (Å²) in [6, 6.07) is 8.00. The van der Waals surface area contributed by atoms with Crippen LogP contribution in [0.4, 0.5) is 6.01 Å². The van der Waals surface area contributed by atoms with Gasteiger partial charge in [-0.25, -0.2) is 0 Å². The number of aryl methyl sites for hydroxylation is 1. The molecule has 1 aliphatic rings. The molecule has 1 aromatic carbocycles. The lowest BCUT2D eigenvalue weighted by atomic mass is 10.1. The predicted octanol–water partition coefficient (Wildman–Crippen LogP) is 2.18. The molecule has 2 aromatic rings. The Balaban J connectivity index is 1.56. The number of carbonyl (C=O) groups excluding carboxylic acids is 1. The van der Waals surface area contributed by atoms with Gasteiger partial charge in [0.1, 0.15) is 0 Å². The maximum atomic E-state index is 12.4. The summed E-state index contributed by atoms with van der Waals surface area (Å²) in [7, 11) is 0. The minimum atomic E-state index is 0.0949. The van der Waals surface area contributed by atoms with Crippen LogP contribution >= 0.6 is 11.6 Å². The summed E-state index contributed by atoms with van der Waals surface area (Å²) >= 11 is 6.12. The van der Waals surface area contributed by atoms with Crippen LogP contribution in [0.3, 0.4) is 0 Å². The van der Waals surface area contributed by atoms with E-state index in [0.717, 1.165) is 12.0 Å². The van der Waals surface area contributed by atoms with Crippen LogP contribution in [0.25, 0.3) is 0 Å². The normalized spacial score (nSPS) is 15.0. The second-order valence-electron chi connectivity index (χ2n) is 5.47. The van der Waals surface area contributed by atoms with Crippen molar-refractivity contribution in [1.82, 2.24) is 15.1 Å². The van der Waals surface area contributed by atoms with Gasteiger partial charge in [0.15, 0.2) is 0 Å². The number of aromatic nitrogens is 2. The number of amides is 1. The third-order valence-corrected chi connectivity index (χ3v) is 4.33. The van der Waals surface area contributed by atoms with Crippen LogP contribution in [-0.4, -0.2) is 47.2 Å². The van der Waals surface area contributed by atoms with E-state index < -0.39 is 0 Å². The van der Waals surface area contributed by atoms with Gasteiger partial charge in [0, 0.05) is 37.6 Å². The molecule has 0 saturated carbocycles. The van der Waals surface area contributed by atoms with Gasteiger partial charge >= 0.3 is 6.01 Å². The van der Waals surface area contributed by atoms with Crippen molar-refractivity contribution in [2.24, 2.45) is 0 Å². The molecule has 122 valence electrons. The van der Waals surface area contributed by atoms with E-state index in [4.69, 9.17) is 16.0 Å². The summed E-state index contributed by atoms with van der Waals surface area (Å²) in [5, 5.41) is 8.66. The predicted molar refractivity (Wildman–Crippen MR) is 87.6 cm³/mol. The van der Waals surface area contributed by atoms with Gasteiger partial charge in [-0.3, -0.25) is 4.79 Å². The molecule has 1 aliphatic heterocycles. The summed E-state index contributed by atoms with van der Waals surface area (Å²) < 4.78 is 5.56. The van der Waals surface area contributed by atoms with Gasteiger partial charge in [0.2, 0.25) is 11.8 Å². The van der Waals surface area contributed by atoms with Crippen LogP contribution in [0.1, 0.15) is 18.4 Å². The number of hydrogen-bond acceptors (Lipinski definition) is 5. The Morgan fingerprint density at radius 1 is 1.22 bits per heavy atom. The molecule has 0 radical (unpaired) electrons. The van der Waals surface area contributed by atoms with Gasteiger partial charge in [0.25, 0.3) is 0 Å². The van der Waals surface area contributed by atoms with Crippen molar-refractivity contribution in [1.29, 1.82) is 0 Å². The summed E-state index contributed by atoms with van der Waals surface area (Å²) in [4.78, 5) is 16.3. The van der Waals surface area contributed by atoms with Gasteiger partial charge in [-0.1, -0.05) is 41.8 Å². The highest BCUT2D eigenvalue weighted by atomic mass is 35.5. The average molecular weight is 335 g/mol. The van der Waals surface area contributed by atoms with E-state index in [2.05, 4.69) is 10.2 Å². The zero-order valence-electron chi connectivity index (χ0n) is 13.0. The lowest BCUT2D eigenvalue weighted by Crippen LogP contribution is -2.49. The number of carbonyl (C=O) groups is 1. The van der Waals surface area contributed by atoms with Crippen molar-refractivity contribution in [3.63, 3.8) is 0 Å². The van der Waals surface area contributed by atoms with Crippen molar-refractivity contribution < 1.29 is 9.21 Å².